The first-order chi connectivity index (χ1) is 17.5. The maximum atomic E-state index is 10.3. The van der Waals surface area contributed by atoms with Gasteiger partial charge in [-0.1, -0.05) is 24.3 Å². The molecule has 0 radical (unpaired) electrons. The van der Waals surface area contributed by atoms with Crippen LogP contribution in [-0.2, 0) is 25.7 Å². The number of phenols is 1. The summed E-state index contributed by atoms with van der Waals surface area (Å²) in [7, 11) is 4.99. The third-order valence-corrected chi connectivity index (χ3v) is 6.04. The number of ether oxygens (including phenoxy) is 4. The van der Waals surface area contributed by atoms with Gasteiger partial charge in [0.05, 0.1) is 21.3 Å². The Labute approximate surface area is 212 Å². The zero-order chi connectivity index (χ0) is 25.3. The molecule has 0 saturated carbocycles. The first kappa shape index (κ1) is 25.0. The molecule has 4 aromatic rings. The molecule has 0 unspecified atom stereocenters. The number of rotatable bonds is 11. The van der Waals surface area contributed by atoms with Crippen molar-refractivity contribution in [3.63, 3.8) is 0 Å². The molecular weight excluding hydrogens is 452 g/mol. The molecule has 0 amide bonds. The van der Waals surface area contributed by atoms with Crippen molar-refractivity contribution >= 4 is 0 Å². The van der Waals surface area contributed by atoms with E-state index in [2.05, 4.69) is 18.2 Å². The average molecular weight is 485 g/mol. The summed E-state index contributed by atoms with van der Waals surface area (Å²) in [6.07, 6.45) is 3.28. The number of hydrogen-bond acceptors (Lipinski definition) is 5. The highest BCUT2D eigenvalue weighted by Crippen LogP contribution is 2.31. The van der Waals surface area contributed by atoms with E-state index in [0.29, 0.717) is 11.5 Å². The number of methoxy groups -OCH3 is 3. The maximum Gasteiger partial charge on any atom is 0.131 e. The molecule has 0 aliphatic carbocycles. The largest absolute Gasteiger partial charge is 0.508 e. The van der Waals surface area contributed by atoms with E-state index in [1.165, 1.54) is 11.1 Å². The van der Waals surface area contributed by atoms with Crippen molar-refractivity contribution in [1.29, 1.82) is 0 Å². The van der Waals surface area contributed by atoms with Gasteiger partial charge in [0, 0.05) is 12.1 Å². The van der Waals surface area contributed by atoms with Crippen LogP contribution in [0, 0.1) is 0 Å². The van der Waals surface area contributed by atoms with Crippen LogP contribution in [0.25, 0.3) is 0 Å². The summed E-state index contributed by atoms with van der Waals surface area (Å²) in [6.45, 7) is 0. The highest BCUT2D eigenvalue weighted by atomic mass is 16.5. The molecule has 1 N–H and O–H groups in total. The number of aryl methyl sites for hydroxylation is 4. The summed E-state index contributed by atoms with van der Waals surface area (Å²) in [5.74, 6) is 3.85. The molecule has 4 aromatic carbocycles. The van der Waals surface area contributed by atoms with Crippen LogP contribution < -0.4 is 18.9 Å². The molecule has 5 nitrogen and oxygen atoms in total. The van der Waals surface area contributed by atoms with Gasteiger partial charge >= 0.3 is 0 Å². The van der Waals surface area contributed by atoms with E-state index < -0.39 is 0 Å². The van der Waals surface area contributed by atoms with Gasteiger partial charge in [-0.3, -0.25) is 0 Å². The Morgan fingerprint density at radius 3 is 1.47 bits per heavy atom. The Balaban J connectivity index is 1.47. The molecule has 0 bridgehead atoms. The van der Waals surface area contributed by atoms with E-state index in [-0.39, 0.29) is 5.75 Å². The van der Waals surface area contributed by atoms with Crippen molar-refractivity contribution in [3.05, 3.63) is 107 Å². The molecule has 0 saturated heterocycles. The van der Waals surface area contributed by atoms with E-state index >= 15 is 0 Å². The summed E-state index contributed by atoms with van der Waals surface area (Å²) in [5.41, 5.74) is 4.47. The molecule has 0 atom stereocenters. The minimum atomic E-state index is 0.175. The highest BCUT2D eigenvalue weighted by molar-refractivity contribution is 5.44. The van der Waals surface area contributed by atoms with Crippen molar-refractivity contribution in [2.75, 3.05) is 21.3 Å². The number of aromatic hydroxyl groups is 1. The maximum absolute atomic E-state index is 10.3. The molecule has 0 aliphatic rings. The van der Waals surface area contributed by atoms with Gasteiger partial charge < -0.3 is 24.1 Å². The monoisotopic (exact) mass is 484 g/mol. The minimum Gasteiger partial charge on any atom is -0.508 e. The third-order valence-electron chi connectivity index (χ3n) is 6.04. The Hall–Kier alpha value is -4.12. The van der Waals surface area contributed by atoms with Gasteiger partial charge in [0.15, 0.2) is 0 Å². The molecule has 0 aliphatic heterocycles. The van der Waals surface area contributed by atoms with Crippen LogP contribution in [0.4, 0.5) is 0 Å². The summed E-state index contributed by atoms with van der Waals surface area (Å²) >= 11 is 0. The zero-order valence-corrected chi connectivity index (χ0v) is 21.0. The molecular formula is C31H32O5. The highest BCUT2D eigenvalue weighted by Gasteiger charge is 2.08. The minimum absolute atomic E-state index is 0.175. The van der Waals surface area contributed by atoms with Crippen LogP contribution in [0.2, 0.25) is 0 Å². The standard InChI is InChI=1S/C31H32O5/c1-33-27-8-4-6-22(15-27)10-12-24-14-26(32)20-30(18-24)36-31-19-25(17-29(21-31)35-3)13-11-23-7-5-9-28(16-23)34-2/h4-9,14-21,32H,10-13H2,1-3H3. The van der Waals surface area contributed by atoms with E-state index in [9.17, 15) is 5.11 Å². The van der Waals surface area contributed by atoms with Gasteiger partial charge in [0.25, 0.3) is 0 Å². The van der Waals surface area contributed by atoms with E-state index in [1.807, 2.05) is 54.6 Å². The van der Waals surface area contributed by atoms with E-state index in [1.54, 1.807) is 33.5 Å². The lowest BCUT2D eigenvalue weighted by atomic mass is 10.0. The van der Waals surface area contributed by atoms with Gasteiger partial charge in [-0.25, -0.2) is 0 Å². The number of benzene rings is 4. The predicted molar refractivity (Wildman–Crippen MR) is 142 cm³/mol. The quantitative estimate of drug-likeness (QED) is 0.254. The molecule has 0 heterocycles. The Morgan fingerprint density at radius 1 is 0.472 bits per heavy atom. The summed E-state index contributed by atoms with van der Waals surface area (Å²) < 4.78 is 22.3. The Kier molecular flexibility index (Phi) is 8.35. The second-order valence-electron chi connectivity index (χ2n) is 8.66. The fourth-order valence-corrected chi connectivity index (χ4v) is 4.17. The fraction of sp³-hybridized carbons (Fsp3) is 0.226. The van der Waals surface area contributed by atoms with Crippen LogP contribution in [0.5, 0.6) is 34.5 Å². The van der Waals surface area contributed by atoms with Gasteiger partial charge in [-0.2, -0.15) is 0 Å². The van der Waals surface area contributed by atoms with Crippen molar-refractivity contribution < 1.29 is 24.1 Å². The van der Waals surface area contributed by atoms with Crippen LogP contribution in [-0.4, -0.2) is 26.4 Å². The number of phenolic OH excluding ortho intramolecular Hbond substituents is 1. The van der Waals surface area contributed by atoms with E-state index in [4.69, 9.17) is 18.9 Å². The SMILES string of the molecule is COc1cccc(CCc2cc(O)cc(Oc3cc(CCc4cccc(OC)c4)cc(OC)c3)c2)c1. The van der Waals surface area contributed by atoms with Gasteiger partial charge in [-0.15, -0.1) is 0 Å². The number of hydrogen-bond donors (Lipinski definition) is 1. The van der Waals surface area contributed by atoms with Crippen LogP contribution in [0.3, 0.4) is 0 Å². The third kappa shape index (κ3) is 6.95. The first-order valence-electron chi connectivity index (χ1n) is 12.0. The predicted octanol–water partition coefficient (Wildman–Crippen LogP) is 6.78. The lowest BCUT2D eigenvalue weighted by Gasteiger charge is -2.13. The smallest absolute Gasteiger partial charge is 0.131 e. The molecule has 186 valence electrons. The summed E-state index contributed by atoms with van der Waals surface area (Å²) in [5, 5.41) is 10.3. The topological polar surface area (TPSA) is 57.2 Å². The van der Waals surface area contributed by atoms with Crippen molar-refractivity contribution in [3.8, 4) is 34.5 Å². The summed E-state index contributed by atoms with van der Waals surface area (Å²) in [4.78, 5) is 0. The van der Waals surface area contributed by atoms with Crippen LogP contribution in [0.15, 0.2) is 84.9 Å². The normalized spacial score (nSPS) is 10.6. The average Bonchev–Trinajstić information content (AvgIpc) is 2.90. The lowest BCUT2D eigenvalue weighted by molar-refractivity contribution is 0.407. The Morgan fingerprint density at radius 2 is 0.917 bits per heavy atom. The van der Waals surface area contributed by atoms with Crippen molar-refractivity contribution in [2.45, 2.75) is 25.7 Å². The molecule has 4 rings (SSSR count). The molecule has 0 aromatic heterocycles. The van der Waals surface area contributed by atoms with Crippen LogP contribution in [0.1, 0.15) is 22.3 Å². The van der Waals surface area contributed by atoms with Gasteiger partial charge in [0.2, 0.25) is 0 Å². The summed E-state index contributed by atoms with van der Waals surface area (Å²) in [6, 6.07) is 27.4. The second-order valence-corrected chi connectivity index (χ2v) is 8.66. The first-order valence-corrected chi connectivity index (χ1v) is 12.0. The lowest BCUT2D eigenvalue weighted by Crippen LogP contribution is -1.96. The van der Waals surface area contributed by atoms with Gasteiger partial charge in [-0.05, 0) is 96.5 Å². The van der Waals surface area contributed by atoms with Crippen LogP contribution >= 0.6 is 0 Å². The van der Waals surface area contributed by atoms with Crippen molar-refractivity contribution in [2.24, 2.45) is 0 Å². The van der Waals surface area contributed by atoms with Gasteiger partial charge in [0.1, 0.15) is 34.5 Å². The second kappa shape index (κ2) is 12.0. The fourth-order valence-electron chi connectivity index (χ4n) is 4.17. The van der Waals surface area contributed by atoms with E-state index in [0.717, 1.165) is 54.1 Å². The molecule has 0 spiro atoms. The Bertz CT molecular complexity index is 1300. The molecule has 0 fully saturated rings. The zero-order valence-electron chi connectivity index (χ0n) is 21.0. The van der Waals surface area contributed by atoms with Crippen molar-refractivity contribution in [1.82, 2.24) is 0 Å². The molecule has 5 heteroatoms. The molecule has 36 heavy (non-hydrogen) atoms.